The highest BCUT2D eigenvalue weighted by atomic mass is 19.4. The zero-order valence-electron chi connectivity index (χ0n) is 9.11. The van der Waals surface area contributed by atoms with Crippen LogP contribution < -0.4 is 5.32 Å². The van der Waals surface area contributed by atoms with E-state index in [1.165, 1.54) is 18.3 Å². The van der Waals surface area contributed by atoms with Gasteiger partial charge in [0, 0.05) is 18.8 Å². The smallest absolute Gasteiger partial charge is 0.370 e. The second kappa shape index (κ2) is 6.15. The Bertz CT molecular complexity index is 412. The third-order valence-electron chi connectivity index (χ3n) is 1.79. The van der Waals surface area contributed by atoms with Crippen LogP contribution in [0.2, 0.25) is 0 Å². The molecule has 0 aromatic carbocycles. The first-order chi connectivity index (χ1) is 8.40. The molecule has 0 amide bonds. The Labute approximate surface area is 99.9 Å². The van der Waals surface area contributed by atoms with Crippen molar-refractivity contribution in [3.63, 3.8) is 0 Å². The number of pyridine rings is 1. The predicted octanol–water partition coefficient (Wildman–Crippen LogP) is 1.98. The summed E-state index contributed by atoms with van der Waals surface area (Å²) in [5.41, 5.74) is -0.242. The van der Waals surface area contributed by atoms with Crippen LogP contribution in [-0.4, -0.2) is 35.8 Å². The van der Waals surface area contributed by atoms with E-state index in [1.54, 1.807) is 0 Å². The van der Waals surface area contributed by atoms with Crippen molar-refractivity contribution in [2.24, 2.45) is 0 Å². The van der Waals surface area contributed by atoms with E-state index in [0.29, 0.717) is 0 Å². The summed E-state index contributed by atoms with van der Waals surface area (Å²) in [6.07, 6.45) is -3.04. The van der Waals surface area contributed by atoms with Crippen molar-refractivity contribution in [3.05, 3.63) is 28.4 Å². The van der Waals surface area contributed by atoms with Crippen molar-refractivity contribution >= 4 is 11.5 Å². The topological polar surface area (TPSA) is 77.3 Å². The fourth-order valence-corrected chi connectivity index (χ4v) is 1.11. The average molecular weight is 265 g/mol. The number of nitrogens with one attached hydrogen (secondary N) is 1. The molecular weight excluding hydrogens is 255 g/mol. The largest absolute Gasteiger partial charge is 0.411 e. The normalized spacial score (nSPS) is 11.3. The van der Waals surface area contributed by atoms with Crippen molar-refractivity contribution in [1.29, 1.82) is 0 Å². The maximum absolute atomic E-state index is 11.7. The summed E-state index contributed by atoms with van der Waals surface area (Å²) < 4.78 is 39.5. The summed E-state index contributed by atoms with van der Waals surface area (Å²) in [4.78, 5) is 13.7. The van der Waals surface area contributed by atoms with E-state index in [2.05, 4.69) is 15.0 Å². The maximum atomic E-state index is 11.7. The molecule has 6 nitrogen and oxygen atoms in total. The lowest BCUT2D eigenvalue weighted by atomic mass is 10.4. The lowest BCUT2D eigenvalue weighted by molar-refractivity contribution is -0.384. The minimum absolute atomic E-state index is 0.00175. The molecule has 0 aliphatic heterocycles. The molecule has 0 radical (unpaired) electrons. The number of nitrogens with zero attached hydrogens (tertiary/aromatic N) is 2. The second-order valence-corrected chi connectivity index (χ2v) is 3.22. The Morgan fingerprint density at radius 1 is 1.50 bits per heavy atom. The van der Waals surface area contributed by atoms with Gasteiger partial charge in [0.25, 0.3) is 0 Å². The number of alkyl halides is 3. The summed E-state index contributed by atoms with van der Waals surface area (Å²) in [6, 6.07) is 2.63. The Morgan fingerprint density at radius 3 is 2.83 bits per heavy atom. The van der Waals surface area contributed by atoms with Crippen molar-refractivity contribution in [1.82, 2.24) is 4.98 Å². The Kier molecular flexibility index (Phi) is 4.84. The van der Waals surface area contributed by atoms with Crippen LogP contribution in [0.4, 0.5) is 24.7 Å². The molecule has 0 aliphatic carbocycles. The first-order valence-electron chi connectivity index (χ1n) is 4.88. The van der Waals surface area contributed by atoms with Crippen LogP contribution in [0.3, 0.4) is 0 Å². The number of hydrogen-bond donors (Lipinski definition) is 1. The van der Waals surface area contributed by atoms with Gasteiger partial charge in [0.15, 0.2) is 0 Å². The van der Waals surface area contributed by atoms with Crippen molar-refractivity contribution < 1.29 is 22.8 Å². The highest BCUT2D eigenvalue weighted by molar-refractivity contribution is 5.54. The highest BCUT2D eigenvalue weighted by Gasteiger charge is 2.27. The molecule has 1 aromatic rings. The molecule has 0 unspecified atom stereocenters. The van der Waals surface area contributed by atoms with Crippen LogP contribution in [0.15, 0.2) is 18.3 Å². The summed E-state index contributed by atoms with van der Waals surface area (Å²) in [5, 5.41) is 13.1. The number of anilines is 1. The fraction of sp³-hybridized carbons (Fsp3) is 0.444. The van der Waals surface area contributed by atoms with Gasteiger partial charge in [0.05, 0.1) is 11.5 Å². The second-order valence-electron chi connectivity index (χ2n) is 3.22. The van der Waals surface area contributed by atoms with Crippen molar-refractivity contribution in [2.45, 2.75) is 6.18 Å². The van der Waals surface area contributed by atoms with Gasteiger partial charge in [0.2, 0.25) is 5.82 Å². The van der Waals surface area contributed by atoms with Gasteiger partial charge in [-0.25, -0.2) is 4.98 Å². The minimum atomic E-state index is -4.38. The third kappa shape index (κ3) is 4.95. The SMILES string of the molecule is O=[N+]([O-])c1cccnc1NCCOCC(F)(F)F. The van der Waals surface area contributed by atoms with E-state index in [0.717, 1.165) is 0 Å². The number of nitro groups is 1. The van der Waals surface area contributed by atoms with Crippen molar-refractivity contribution in [3.8, 4) is 0 Å². The van der Waals surface area contributed by atoms with Gasteiger partial charge in [-0.2, -0.15) is 13.2 Å². The third-order valence-corrected chi connectivity index (χ3v) is 1.79. The molecule has 0 aliphatic rings. The molecule has 0 saturated heterocycles. The Hall–Kier alpha value is -1.90. The first kappa shape index (κ1) is 14.2. The van der Waals surface area contributed by atoms with E-state index in [1.807, 2.05) is 0 Å². The first-order valence-corrected chi connectivity index (χ1v) is 4.88. The summed E-state index contributed by atoms with van der Waals surface area (Å²) in [7, 11) is 0. The van der Waals surface area contributed by atoms with Crippen molar-refractivity contribution in [2.75, 3.05) is 25.1 Å². The average Bonchev–Trinajstić information content (AvgIpc) is 2.27. The highest BCUT2D eigenvalue weighted by Crippen LogP contribution is 2.19. The Balaban J connectivity index is 2.38. The van der Waals surface area contributed by atoms with E-state index in [-0.39, 0.29) is 24.7 Å². The molecule has 1 aromatic heterocycles. The Morgan fingerprint density at radius 2 is 2.22 bits per heavy atom. The molecular formula is C9H10F3N3O3. The molecule has 100 valence electrons. The maximum Gasteiger partial charge on any atom is 0.411 e. The molecule has 1 rings (SSSR count). The molecule has 9 heteroatoms. The van der Waals surface area contributed by atoms with E-state index in [9.17, 15) is 23.3 Å². The zero-order valence-corrected chi connectivity index (χ0v) is 9.11. The van der Waals surface area contributed by atoms with E-state index < -0.39 is 17.7 Å². The monoisotopic (exact) mass is 265 g/mol. The number of rotatable bonds is 6. The van der Waals surface area contributed by atoms with Crippen LogP contribution >= 0.6 is 0 Å². The van der Waals surface area contributed by atoms with Crippen LogP contribution in [-0.2, 0) is 4.74 Å². The van der Waals surface area contributed by atoms with Gasteiger partial charge >= 0.3 is 11.9 Å². The molecule has 0 saturated carbocycles. The quantitative estimate of drug-likeness (QED) is 0.483. The molecule has 18 heavy (non-hydrogen) atoms. The number of hydrogen-bond acceptors (Lipinski definition) is 5. The van der Waals surface area contributed by atoms with Gasteiger partial charge in [-0.3, -0.25) is 10.1 Å². The summed E-state index contributed by atoms with van der Waals surface area (Å²) >= 11 is 0. The zero-order chi connectivity index (χ0) is 13.6. The molecule has 0 bridgehead atoms. The van der Waals surface area contributed by atoms with E-state index >= 15 is 0 Å². The fourth-order valence-electron chi connectivity index (χ4n) is 1.11. The van der Waals surface area contributed by atoms with Gasteiger partial charge < -0.3 is 10.1 Å². The minimum Gasteiger partial charge on any atom is -0.370 e. The number of halogens is 3. The van der Waals surface area contributed by atoms with Gasteiger partial charge in [-0.05, 0) is 6.07 Å². The van der Waals surface area contributed by atoms with Crippen LogP contribution in [0.25, 0.3) is 0 Å². The van der Waals surface area contributed by atoms with Gasteiger partial charge in [-0.15, -0.1) is 0 Å². The molecule has 1 N–H and O–H groups in total. The van der Waals surface area contributed by atoms with Gasteiger partial charge in [0.1, 0.15) is 6.61 Å². The van der Waals surface area contributed by atoms with Crippen LogP contribution in [0.1, 0.15) is 0 Å². The molecule has 0 spiro atoms. The summed E-state index contributed by atoms with van der Waals surface area (Å²) in [6.45, 7) is -1.58. The predicted molar refractivity (Wildman–Crippen MR) is 56.3 cm³/mol. The molecule has 0 fully saturated rings. The van der Waals surface area contributed by atoms with Gasteiger partial charge in [-0.1, -0.05) is 0 Å². The lowest BCUT2D eigenvalue weighted by Crippen LogP contribution is -2.20. The molecule has 1 heterocycles. The van der Waals surface area contributed by atoms with Crippen LogP contribution in [0.5, 0.6) is 0 Å². The number of ether oxygens (including phenoxy) is 1. The lowest BCUT2D eigenvalue weighted by Gasteiger charge is -2.08. The van der Waals surface area contributed by atoms with Crippen LogP contribution in [0, 0.1) is 10.1 Å². The molecule has 0 atom stereocenters. The number of aromatic nitrogens is 1. The summed E-state index contributed by atoms with van der Waals surface area (Å²) in [5.74, 6) is -0.00175. The standard InChI is InChI=1S/C9H10F3N3O3/c10-9(11,12)6-18-5-4-14-8-7(15(16)17)2-1-3-13-8/h1-3H,4-6H2,(H,13,14). The van der Waals surface area contributed by atoms with E-state index in [4.69, 9.17) is 0 Å².